The fraction of sp³-hybridized carbons (Fsp3) is 0.150. The number of aryl methyl sites for hydroxylation is 1. The molecule has 0 radical (unpaired) electrons. The Morgan fingerprint density at radius 1 is 1.12 bits per heavy atom. The van der Waals surface area contributed by atoms with Crippen LogP contribution in [0.5, 0.6) is 0 Å². The number of aromatic nitrogens is 3. The Morgan fingerprint density at radius 2 is 1.81 bits per heavy atom. The topological polar surface area (TPSA) is 60.9 Å². The highest BCUT2D eigenvalue weighted by Gasteiger charge is 2.23. The summed E-state index contributed by atoms with van der Waals surface area (Å²) < 4.78 is 8.77. The molecule has 0 amide bonds. The fourth-order valence-electron chi connectivity index (χ4n) is 3.04. The van der Waals surface area contributed by atoms with Crippen LogP contribution in [0.2, 0.25) is 0 Å². The van der Waals surface area contributed by atoms with Crippen LogP contribution in [0, 0.1) is 6.92 Å². The van der Waals surface area contributed by atoms with E-state index in [2.05, 4.69) is 10.1 Å². The van der Waals surface area contributed by atoms with Crippen molar-refractivity contribution in [2.45, 2.75) is 13.8 Å². The highest BCUT2D eigenvalue weighted by Crippen LogP contribution is 2.24. The molecule has 0 unspecified atom stereocenters. The van der Waals surface area contributed by atoms with Gasteiger partial charge in [-0.1, -0.05) is 42.5 Å². The number of esters is 1. The standard InChI is InChI=1S/C20H18N4O2/c1-3-26-19(25)18-14(2)22-20-23(18)16-11-7-8-12-17(16)24(20)21-13-15-9-5-4-6-10-15/h4-13H,3H2,1-2H3/b21-13-. The monoisotopic (exact) mass is 346 g/mol. The summed E-state index contributed by atoms with van der Waals surface area (Å²) in [5.74, 6) is 0.200. The van der Waals surface area contributed by atoms with Crippen LogP contribution in [0.4, 0.5) is 0 Å². The second-order valence-corrected chi connectivity index (χ2v) is 5.86. The van der Waals surface area contributed by atoms with Crippen LogP contribution in [0.15, 0.2) is 59.7 Å². The number of carbonyl (C=O) groups is 1. The summed E-state index contributed by atoms with van der Waals surface area (Å²) in [5, 5.41) is 4.61. The Hall–Kier alpha value is -3.41. The molecule has 0 bridgehead atoms. The van der Waals surface area contributed by atoms with E-state index in [1.165, 1.54) is 0 Å². The van der Waals surface area contributed by atoms with Crippen molar-refractivity contribution in [2.75, 3.05) is 6.61 Å². The number of benzene rings is 2. The predicted octanol–water partition coefficient (Wildman–Crippen LogP) is 3.66. The predicted molar refractivity (Wildman–Crippen MR) is 101 cm³/mol. The number of carbonyl (C=O) groups excluding carboxylic acids is 1. The largest absolute Gasteiger partial charge is 0.461 e. The van der Waals surface area contributed by atoms with Gasteiger partial charge >= 0.3 is 5.97 Å². The molecule has 2 heterocycles. The van der Waals surface area contributed by atoms with Gasteiger partial charge in [0.15, 0.2) is 5.69 Å². The summed E-state index contributed by atoms with van der Waals surface area (Å²) in [5.41, 5.74) is 3.76. The number of imidazole rings is 2. The average molecular weight is 346 g/mol. The van der Waals surface area contributed by atoms with E-state index in [1.807, 2.05) is 59.0 Å². The summed E-state index contributed by atoms with van der Waals surface area (Å²) in [6, 6.07) is 17.6. The summed E-state index contributed by atoms with van der Waals surface area (Å²) >= 11 is 0. The van der Waals surface area contributed by atoms with Crippen LogP contribution in [0.25, 0.3) is 16.8 Å². The lowest BCUT2D eigenvalue weighted by Gasteiger charge is -2.01. The molecule has 0 fully saturated rings. The van der Waals surface area contributed by atoms with Crippen molar-refractivity contribution >= 4 is 29.0 Å². The number of hydrogen-bond donors (Lipinski definition) is 0. The maximum Gasteiger partial charge on any atom is 0.357 e. The van der Waals surface area contributed by atoms with Gasteiger partial charge in [0, 0.05) is 0 Å². The lowest BCUT2D eigenvalue weighted by molar-refractivity contribution is 0.0518. The molecule has 2 aromatic heterocycles. The van der Waals surface area contributed by atoms with Gasteiger partial charge in [0.05, 0.1) is 29.5 Å². The van der Waals surface area contributed by atoms with Crippen LogP contribution in [0.3, 0.4) is 0 Å². The Labute approximate surface area is 150 Å². The number of rotatable bonds is 4. The molecule has 4 rings (SSSR count). The molecule has 0 N–H and O–H groups in total. The lowest BCUT2D eigenvalue weighted by atomic mass is 10.2. The van der Waals surface area contributed by atoms with Crippen LogP contribution in [-0.4, -0.2) is 32.9 Å². The van der Waals surface area contributed by atoms with E-state index in [1.54, 1.807) is 24.7 Å². The van der Waals surface area contributed by atoms with E-state index in [-0.39, 0.29) is 5.97 Å². The van der Waals surface area contributed by atoms with E-state index in [4.69, 9.17) is 4.74 Å². The van der Waals surface area contributed by atoms with Crippen molar-refractivity contribution < 1.29 is 9.53 Å². The second kappa shape index (κ2) is 6.48. The molecule has 0 spiro atoms. The van der Waals surface area contributed by atoms with Crippen LogP contribution < -0.4 is 0 Å². The molecule has 0 atom stereocenters. The number of para-hydroxylation sites is 2. The van der Waals surface area contributed by atoms with Gasteiger partial charge in [0.2, 0.25) is 5.78 Å². The highest BCUT2D eigenvalue weighted by molar-refractivity contribution is 5.94. The molecule has 0 aliphatic rings. The summed E-state index contributed by atoms with van der Waals surface area (Å²) in [6.07, 6.45) is 1.78. The van der Waals surface area contributed by atoms with Crippen LogP contribution in [0.1, 0.15) is 28.7 Å². The molecule has 2 aromatic carbocycles. The van der Waals surface area contributed by atoms with E-state index < -0.39 is 0 Å². The summed E-state index contributed by atoms with van der Waals surface area (Å²) in [4.78, 5) is 17.0. The Kier molecular flexibility index (Phi) is 4.01. The van der Waals surface area contributed by atoms with Gasteiger partial charge < -0.3 is 4.74 Å². The van der Waals surface area contributed by atoms with E-state index >= 15 is 0 Å². The van der Waals surface area contributed by atoms with Crippen molar-refractivity contribution in [1.82, 2.24) is 14.1 Å². The quantitative estimate of drug-likeness (QED) is 0.418. The molecule has 0 aliphatic carbocycles. The second-order valence-electron chi connectivity index (χ2n) is 5.86. The Balaban J connectivity index is 1.96. The molecule has 4 aromatic rings. The lowest BCUT2D eigenvalue weighted by Crippen LogP contribution is -2.09. The summed E-state index contributed by atoms with van der Waals surface area (Å²) in [7, 11) is 0. The summed E-state index contributed by atoms with van der Waals surface area (Å²) in [6.45, 7) is 3.91. The van der Waals surface area contributed by atoms with Crippen molar-refractivity contribution in [3.05, 3.63) is 71.5 Å². The van der Waals surface area contributed by atoms with Crippen LogP contribution in [-0.2, 0) is 4.74 Å². The molecule has 6 heteroatoms. The zero-order valence-electron chi connectivity index (χ0n) is 14.6. The maximum atomic E-state index is 12.4. The van der Waals surface area contributed by atoms with Crippen molar-refractivity contribution in [1.29, 1.82) is 0 Å². The third-order valence-electron chi connectivity index (χ3n) is 4.16. The number of ether oxygens (including phenoxy) is 1. The van der Waals surface area contributed by atoms with Gasteiger partial charge in [-0.05, 0) is 31.5 Å². The van der Waals surface area contributed by atoms with E-state index in [0.717, 1.165) is 16.6 Å². The number of fused-ring (bicyclic) bond motifs is 3. The van der Waals surface area contributed by atoms with Gasteiger partial charge in [0.25, 0.3) is 0 Å². The number of hydrogen-bond acceptors (Lipinski definition) is 4. The van der Waals surface area contributed by atoms with Gasteiger partial charge in [0.1, 0.15) is 0 Å². The molecule has 130 valence electrons. The Morgan fingerprint density at radius 3 is 2.54 bits per heavy atom. The first-order valence-electron chi connectivity index (χ1n) is 8.45. The minimum Gasteiger partial charge on any atom is -0.461 e. The maximum absolute atomic E-state index is 12.4. The third kappa shape index (κ3) is 2.56. The molecular weight excluding hydrogens is 328 g/mol. The molecule has 6 nitrogen and oxygen atoms in total. The normalized spacial score (nSPS) is 11.6. The zero-order chi connectivity index (χ0) is 18.1. The van der Waals surface area contributed by atoms with Gasteiger partial charge in [-0.15, -0.1) is 0 Å². The minimum absolute atomic E-state index is 0.316. The first-order chi connectivity index (χ1) is 12.7. The van der Waals surface area contributed by atoms with Crippen molar-refractivity contribution in [3.63, 3.8) is 0 Å². The smallest absolute Gasteiger partial charge is 0.357 e. The Bertz CT molecular complexity index is 1120. The van der Waals surface area contributed by atoms with Crippen molar-refractivity contribution in [2.24, 2.45) is 5.10 Å². The zero-order valence-corrected chi connectivity index (χ0v) is 14.6. The molecule has 0 aliphatic heterocycles. The van der Waals surface area contributed by atoms with Gasteiger partial charge in [-0.25, -0.2) is 9.78 Å². The molecule has 0 saturated heterocycles. The highest BCUT2D eigenvalue weighted by atomic mass is 16.5. The van der Waals surface area contributed by atoms with Gasteiger partial charge in [-0.3, -0.25) is 4.40 Å². The van der Waals surface area contributed by atoms with Crippen molar-refractivity contribution in [3.8, 4) is 0 Å². The molecule has 26 heavy (non-hydrogen) atoms. The van der Waals surface area contributed by atoms with Gasteiger partial charge in [-0.2, -0.15) is 9.78 Å². The van der Waals surface area contributed by atoms with E-state index in [9.17, 15) is 4.79 Å². The minimum atomic E-state index is -0.382. The number of nitrogens with zero attached hydrogens (tertiary/aromatic N) is 4. The van der Waals surface area contributed by atoms with Crippen LogP contribution >= 0.6 is 0 Å². The molecule has 0 saturated carbocycles. The first-order valence-corrected chi connectivity index (χ1v) is 8.45. The SMILES string of the molecule is CCOC(=O)c1c(C)nc2n(/N=C\c3ccccc3)c3ccccc3n12. The third-order valence-corrected chi connectivity index (χ3v) is 4.16. The molecular formula is C20H18N4O2. The average Bonchev–Trinajstić information content (AvgIpc) is 3.14. The van der Waals surface area contributed by atoms with E-state index in [0.29, 0.717) is 23.8 Å². The first kappa shape index (κ1) is 16.1. The fourth-order valence-corrected chi connectivity index (χ4v) is 3.04.